The summed E-state index contributed by atoms with van der Waals surface area (Å²) in [5, 5.41) is 9.81. The fourth-order valence-corrected chi connectivity index (χ4v) is 2.20. The Balaban J connectivity index is 1.87. The van der Waals surface area contributed by atoms with Gasteiger partial charge in [-0.2, -0.15) is 5.26 Å². The third-order valence-corrected chi connectivity index (χ3v) is 3.71. The van der Waals surface area contributed by atoms with Crippen LogP contribution in [-0.4, -0.2) is 33.3 Å². The molecular weight excluding hydrogens is 352 g/mol. The van der Waals surface area contributed by atoms with Gasteiger partial charge in [0.05, 0.1) is 0 Å². The maximum absolute atomic E-state index is 12.0. The summed E-state index contributed by atoms with van der Waals surface area (Å²) < 4.78 is 10.5. The highest BCUT2D eigenvalue weighted by Gasteiger charge is 2.11. The number of anilines is 1. The molecule has 0 amide bonds. The molecule has 26 heavy (non-hydrogen) atoms. The standard InChI is InChI=1S/C20H19ClN2O3/c1-23(2)18-7-3-15(4-8-18)13-16(14-22)20(24)26-12-11-25-19-9-5-17(21)6-10-19/h3-10,13H,11-12H2,1-2H3/b16-13+. The van der Waals surface area contributed by atoms with Gasteiger partial charge >= 0.3 is 5.97 Å². The van der Waals surface area contributed by atoms with Crippen molar-refractivity contribution in [3.63, 3.8) is 0 Å². The van der Waals surface area contributed by atoms with Crippen LogP contribution in [0.3, 0.4) is 0 Å². The van der Waals surface area contributed by atoms with Crippen molar-refractivity contribution < 1.29 is 14.3 Å². The van der Waals surface area contributed by atoms with E-state index in [0.29, 0.717) is 10.8 Å². The van der Waals surface area contributed by atoms with E-state index >= 15 is 0 Å². The SMILES string of the molecule is CN(C)c1ccc(/C=C(\C#N)C(=O)OCCOc2ccc(Cl)cc2)cc1. The fourth-order valence-electron chi connectivity index (χ4n) is 2.07. The van der Waals surface area contributed by atoms with E-state index in [2.05, 4.69) is 0 Å². The molecule has 0 aliphatic carbocycles. The largest absolute Gasteiger partial charge is 0.490 e. The second kappa shape index (κ2) is 9.50. The van der Waals surface area contributed by atoms with Crippen molar-refractivity contribution in [1.82, 2.24) is 0 Å². The molecule has 0 unspecified atom stereocenters. The normalized spacial score (nSPS) is 10.8. The van der Waals surface area contributed by atoms with E-state index in [1.165, 1.54) is 6.08 Å². The number of nitrogens with zero attached hydrogens (tertiary/aromatic N) is 2. The fraction of sp³-hybridized carbons (Fsp3) is 0.200. The summed E-state index contributed by atoms with van der Waals surface area (Å²) in [6.07, 6.45) is 1.50. The molecule has 0 fully saturated rings. The van der Waals surface area contributed by atoms with Crippen LogP contribution < -0.4 is 9.64 Å². The molecule has 2 aromatic carbocycles. The van der Waals surface area contributed by atoms with Crippen molar-refractivity contribution in [2.24, 2.45) is 0 Å². The van der Waals surface area contributed by atoms with E-state index in [-0.39, 0.29) is 18.8 Å². The van der Waals surface area contributed by atoms with Crippen LogP contribution in [0.1, 0.15) is 5.56 Å². The summed E-state index contributed by atoms with van der Waals surface area (Å²) in [5.74, 6) is -0.0497. The predicted octanol–water partition coefficient (Wildman–Crippen LogP) is 3.94. The highest BCUT2D eigenvalue weighted by atomic mass is 35.5. The van der Waals surface area contributed by atoms with Crippen LogP contribution in [0.2, 0.25) is 5.02 Å². The maximum Gasteiger partial charge on any atom is 0.349 e. The summed E-state index contributed by atoms with van der Waals surface area (Å²) in [7, 11) is 3.88. The monoisotopic (exact) mass is 370 g/mol. The average Bonchev–Trinajstić information content (AvgIpc) is 2.65. The second-order valence-corrected chi connectivity index (χ2v) is 6.03. The molecule has 6 heteroatoms. The van der Waals surface area contributed by atoms with Gasteiger partial charge in [-0.05, 0) is 48.0 Å². The van der Waals surface area contributed by atoms with Gasteiger partial charge in [0.15, 0.2) is 0 Å². The van der Waals surface area contributed by atoms with Crippen LogP contribution in [0.5, 0.6) is 5.75 Å². The first kappa shape index (κ1) is 19.4. The lowest BCUT2D eigenvalue weighted by atomic mass is 10.1. The van der Waals surface area contributed by atoms with E-state index in [4.69, 9.17) is 21.1 Å². The molecule has 5 nitrogen and oxygen atoms in total. The number of carbonyl (C=O) groups excluding carboxylic acids is 1. The Morgan fingerprint density at radius 1 is 1.12 bits per heavy atom. The quantitative estimate of drug-likeness (QED) is 0.320. The lowest BCUT2D eigenvalue weighted by molar-refractivity contribution is -0.139. The number of nitriles is 1. The lowest BCUT2D eigenvalue weighted by Gasteiger charge is -2.11. The first-order valence-electron chi connectivity index (χ1n) is 7.94. The van der Waals surface area contributed by atoms with E-state index in [1.807, 2.05) is 49.3 Å². The Labute approximate surface area is 158 Å². The zero-order valence-electron chi connectivity index (χ0n) is 14.6. The molecular formula is C20H19ClN2O3. The Morgan fingerprint density at radius 2 is 1.77 bits per heavy atom. The van der Waals surface area contributed by atoms with Gasteiger partial charge in [-0.25, -0.2) is 4.79 Å². The van der Waals surface area contributed by atoms with E-state index in [9.17, 15) is 10.1 Å². The molecule has 2 rings (SSSR count). The molecule has 0 N–H and O–H groups in total. The Kier molecular flexibility index (Phi) is 7.07. The number of esters is 1. The number of rotatable bonds is 7. The molecule has 0 aliphatic heterocycles. The van der Waals surface area contributed by atoms with Gasteiger partial charge in [0, 0.05) is 24.8 Å². The molecule has 0 aromatic heterocycles. The lowest BCUT2D eigenvalue weighted by Crippen LogP contribution is -2.13. The van der Waals surface area contributed by atoms with Gasteiger partial charge in [-0.15, -0.1) is 0 Å². The Morgan fingerprint density at radius 3 is 2.35 bits per heavy atom. The van der Waals surface area contributed by atoms with Crippen LogP contribution in [0.15, 0.2) is 54.1 Å². The zero-order chi connectivity index (χ0) is 18.9. The molecule has 0 heterocycles. The van der Waals surface area contributed by atoms with Crippen molar-refractivity contribution in [1.29, 1.82) is 5.26 Å². The van der Waals surface area contributed by atoms with Crippen molar-refractivity contribution in [2.75, 3.05) is 32.2 Å². The molecule has 0 bridgehead atoms. The van der Waals surface area contributed by atoms with Crippen LogP contribution in [0, 0.1) is 11.3 Å². The van der Waals surface area contributed by atoms with Gasteiger partial charge in [0.25, 0.3) is 0 Å². The van der Waals surface area contributed by atoms with Crippen molar-refractivity contribution in [3.8, 4) is 11.8 Å². The number of halogens is 1. The number of hydrogen-bond donors (Lipinski definition) is 0. The minimum Gasteiger partial charge on any atom is -0.490 e. The molecule has 0 atom stereocenters. The van der Waals surface area contributed by atoms with Crippen LogP contribution >= 0.6 is 11.6 Å². The molecule has 0 spiro atoms. The summed E-state index contributed by atoms with van der Waals surface area (Å²) in [5.41, 5.74) is 1.72. The highest BCUT2D eigenvalue weighted by Crippen LogP contribution is 2.16. The van der Waals surface area contributed by atoms with Crippen LogP contribution in [0.4, 0.5) is 5.69 Å². The van der Waals surface area contributed by atoms with Gasteiger partial charge in [0.2, 0.25) is 0 Å². The number of hydrogen-bond acceptors (Lipinski definition) is 5. The first-order valence-corrected chi connectivity index (χ1v) is 8.32. The summed E-state index contributed by atoms with van der Waals surface area (Å²) in [4.78, 5) is 14.0. The predicted molar refractivity (Wildman–Crippen MR) is 102 cm³/mol. The number of ether oxygens (including phenoxy) is 2. The van der Waals surface area contributed by atoms with Gasteiger partial charge in [-0.3, -0.25) is 0 Å². The minimum atomic E-state index is -0.677. The minimum absolute atomic E-state index is 0.0417. The maximum atomic E-state index is 12.0. The zero-order valence-corrected chi connectivity index (χ0v) is 15.4. The van der Waals surface area contributed by atoms with Crippen LogP contribution in [0.25, 0.3) is 6.08 Å². The summed E-state index contributed by atoms with van der Waals surface area (Å²) >= 11 is 5.79. The second-order valence-electron chi connectivity index (χ2n) is 5.59. The molecule has 134 valence electrons. The average molecular weight is 371 g/mol. The van der Waals surface area contributed by atoms with Gasteiger partial charge < -0.3 is 14.4 Å². The molecule has 0 saturated carbocycles. The summed E-state index contributed by atoms with van der Waals surface area (Å²) in [6.45, 7) is 0.226. The number of carbonyl (C=O) groups is 1. The van der Waals surface area contributed by atoms with Gasteiger partial charge in [0.1, 0.15) is 30.6 Å². The Bertz CT molecular complexity index is 806. The van der Waals surface area contributed by atoms with Gasteiger partial charge in [-0.1, -0.05) is 23.7 Å². The molecule has 0 aliphatic rings. The van der Waals surface area contributed by atoms with E-state index in [0.717, 1.165) is 11.3 Å². The first-order chi connectivity index (χ1) is 12.5. The van der Waals surface area contributed by atoms with Crippen molar-refractivity contribution >= 4 is 29.3 Å². The smallest absolute Gasteiger partial charge is 0.349 e. The third-order valence-electron chi connectivity index (χ3n) is 3.46. The van der Waals surface area contributed by atoms with E-state index in [1.54, 1.807) is 24.3 Å². The third kappa shape index (κ3) is 5.83. The Hall–Kier alpha value is -2.97. The molecule has 0 saturated heterocycles. The summed E-state index contributed by atoms with van der Waals surface area (Å²) in [6, 6.07) is 16.2. The topological polar surface area (TPSA) is 62.6 Å². The molecule has 2 aromatic rings. The van der Waals surface area contributed by atoms with Crippen molar-refractivity contribution in [2.45, 2.75) is 0 Å². The van der Waals surface area contributed by atoms with Crippen LogP contribution in [-0.2, 0) is 9.53 Å². The molecule has 0 radical (unpaired) electrons. The van der Waals surface area contributed by atoms with E-state index < -0.39 is 5.97 Å². The van der Waals surface area contributed by atoms with Crippen molar-refractivity contribution in [3.05, 3.63) is 64.7 Å². The number of benzene rings is 2. The highest BCUT2D eigenvalue weighted by molar-refractivity contribution is 6.30.